The second kappa shape index (κ2) is 11.3. The fraction of sp³-hybridized carbons (Fsp3) is 0.714. The van der Waals surface area contributed by atoms with E-state index in [1.807, 2.05) is 0 Å². The molecule has 0 saturated carbocycles. The smallest absolute Gasteiger partial charge is 0.0207 e. The maximum absolute atomic E-state index is 3.74. The number of hydrogen-bond donors (Lipinski definition) is 0. The minimum absolute atomic E-state index is 0.464. The van der Waals surface area contributed by atoms with Gasteiger partial charge in [-0.3, -0.25) is 0 Å². The number of unbranched alkanes of at least 4 members (excludes halogenated alkanes) is 6. The first-order valence-electron chi connectivity index (χ1n) is 9.34. The average Bonchev–Trinajstić information content (AvgIpc) is 2.51. The minimum atomic E-state index is 0.464. The Morgan fingerprint density at radius 2 is 1.36 bits per heavy atom. The summed E-state index contributed by atoms with van der Waals surface area (Å²) in [5.74, 6) is 0. The molecular formula is C21H35Br. The van der Waals surface area contributed by atoms with E-state index in [2.05, 4.69) is 61.0 Å². The van der Waals surface area contributed by atoms with Crippen LogP contribution in [0.25, 0.3) is 0 Å². The highest BCUT2D eigenvalue weighted by molar-refractivity contribution is 9.10. The van der Waals surface area contributed by atoms with Gasteiger partial charge in [0, 0.05) is 4.47 Å². The van der Waals surface area contributed by atoms with E-state index in [-0.39, 0.29) is 0 Å². The van der Waals surface area contributed by atoms with Gasteiger partial charge in [-0.2, -0.15) is 0 Å². The Bertz CT molecular complexity index is 385. The summed E-state index contributed by atoms with van der Waals surface area (Å²) in [5, 5.41) is 0. The lowest BCUT2D eigenvalue weighted by Crippen LogP contribution is -2.20. The van der Waals surface area contributed by atoms with Crippen molar-refractivity contribution in [2.45, 2.75) is 91.4 Å². The summed E-state index contributed by atoms with van der Waals surface area (Å²) < 4.78 is 1.28. The van der Waals surface area contributed by atoms with Gasteiger partial charge in [-0.1, -0.05) is 106 Å². The third-order valence-electron chi connectivity index (χ3n) is 4.84. The molecular weight excluding hydrogens is 332 g/mol. The zero-order chi connectivity index (χ0) is 16.3. The van der Waals surface area contributed by atoms with E-state index in [9.17, 15) is 0 Å². The first-order chi connectivity index (χ1) is 10.6. The van der Waals surface area contributed by atoms with Crippen molar-refractivity contribution in [2.24, 2.45) is 5.41 Å². The largest absolute Gasteiger partial charge is 0.0654 e. The second-order valence-electron chi connectivity index (χ2n) is 7.20. The third kappa shape index (κ3) is 7.81. The topological polar surface area (TPSA) is 0 Å². The van der Waals surface area contributed by atoms with Gasteiger partial charge < -0.3 is 0 Å². The third-order valence-corrected chi connectivity index (χ3v) is 5.62. The SMILES string of the molecule is CCCCCCC(C)(CCCCCC)Cc1ccccc1Br. The molecule has 0 N–H and O–H groups in total. The van der Waals surface area contributed by atoms with Crippen molar-refractivity contribution in [3.8, 4) is 0 Å². The molecule has 126 valence electrons. The molecule has 1 heteroatoms. The Morgan fingerprint density at radius 1 is 0.818 bits per heavy atom. The van der Waals surface area contributed by atoms with Crippen molar-refractivity contribution in [3.05, 3.63) is 34.3 Å². The van der Waals surface area contributed by atoms with Crippen LogP contribution in [0.1, 0.15) is 90.5 Å². The molecule has 0 spiro atoms. The quantitative estimate of drug-likeness (QED) is 0.329. The molecule has 0 aliphatic heterocycles. The summed E-state index contributed by atoms with van der Waals surface area (Å²) in [7, 11) is 0. The molecule has 1 aromatic rings. The zero-order valence-electron chi connectivity index (χ0n) is 15.0. The van der Waals surface area contributed by atoms with E-state index < -0.39 is 0 Å². The predicted molar refractivity (Wildman–Crippen MR) is 103 cm³/mol. The standard InChI is InChI=1S/C21H35Br/c1-4-6-8-12-16-21(3,17-13-9-7-5-2)18-19-14-10-11-15-20(19)22/h10-11,14-15H,4-9,12-13,16-18H2,1-3H3. The van der Waals surface area contributed by atoms with Crippen LogP contribution in [-0.2, 0) is 6.42 Å². The Hall–Kier alpha value is -0.300. The van der Waals surface area contributed by atoms with Crippen molar-refractivity contribution >= 4 is 15.9 Å². The van der Waals surface area contributed by atoms with Crippen LogP contribution in [-0.4, -0.2) is 0 Å². The number of hydrogen-bond acceptors (Lipinski definition) is 0. The van der Waals surface area contributed by atoms with Gasteiger partial charge in [0.1, 0.15) is 0 Å². The molecule has 0 bridgehead atoms. The van der Waals surface area contributed by atoms with Crippen molar-refractivity contribution in [1.82, 2.24) is 0 Å². The van der Waals surface area contributed by atoms with E-state index in [0.29, 0.717) is 5.41 Å². The Balaban J connectivity index is 2.61. The molecule has 0 nitrogen and oxygen atoms in total. The minimum Gasteiger partial charge on any atom is -0.0654 e. The van der Waals surface area contributed by atoms with E-state index in [1.165, 1.54) is 80.7 Å². The number of benzene rings is 1. The molecule has 0 radical (unpaired) electrons. The molecule has 22 heavy (non-hydrogen) atoms. The fourth-order valence-corrected chi connectivity index (χ4v) is 3.79. The van der Waals surface area contributed by atoms with Gasteiger partial charge in [0.15, 0.2) is 0 Å². The summed E-state index contributed by atoms with van der Waals surface area (Å²) >= 11 is 3.74. The van der Waals surface area contributed by atoms with Gasteiger partial charge in [0.2, 0.25) is 0 Å². The van der Waals surface area contributed by atoms with Gasteiger partial charge in [-0.15, -0.1) is 0 Å². The summed E-state index contributed by atoms with van der Waals surface area (Å²) in [5.41, 5.74) is 1.95. The first-order valence-corrected chi connectivity index (χ1v) is 10.1. The van der Waals surface area contributed by atoms with Crippen molar-refractivity contribution in [2.75, 3.05) is 0 Å². The average molecular weight is 367 g/mol. The zero-order valence-corrected chi connectivity index (χ0v) is 16.6. The van der Waals surface area contributed by atoms with Crippen LogP contribution in [0.4, 0.5) is 0 Å². The van der Waals surface area contributed by atoms with Gasteiger partial charge in [0.05, 0.1) is 0 Å². The molecule has 0 aromatic heterocycles. The van der Waals surface area contributed by atoms with Gasteiger partial charge in [-0.25, -0.2) is 0 Å². The van der Waals surface area contributed by atoms with Crippen molar-refractivity contribution in [3.63, 3.8) is 0 Å². The molecule has 0 fully saturated rings. The van der Waals surface area contributed by atoms with Crippen LogP contribution < -0.4 is 0 Å². The Kier molecular flexibility index (Phi) is 10.1. The highest BCUT2D eigenvalue weighted by Gasteiger charge is 2.24. The van der Waals surface area contributed by atoms with E-state index in [0.717, 1.165) is 0 Å². The molecule has 0 aliphatic rings. The number of halogens is 1. The molecule has 0 saturated heterocycles. The molecule has 0 amide bonds. The molecule has 1 rings (SSSR count). The van der Waals surface area contributed by atoms with Gasteiger partial charge in [0.25, 0.3) is 0 Å². The van der Waals surface area contributed by atoms with Crippen molar-refractivity contribution in [1.29, 1.82) is 0 Å². The van der Waals surface area contributed by atoms with Gasteiger partial charge >= 0.3 is 0 Å². The number of rotatable bonds is 12. The van der Waals surface area contributed by atoms with Crippen LogP contribution in [0, 0.1) is 5.41 Å². The molecule has 0 heterocycles. The van der Waals surface area contributed by atoms with Crippen LogP contribution in [0.2, 0.25) is 0 Å². The lowest BCUT2D eigenvalue weighted by Gasteiger charge is -2.31. The summed E-state index contributed by atoms with van der Waals surface area (Å²) in [6.45, 7) is 7.11. The summed E-state index contributed by atoms with van der Waals surface area (Å²) in [4.78, 5) is 0. The molecule has 0 atom stereocenters. The second-order valence-corrected chi connectivity index (χ2v) is 8.05. The van der Waals surface area contributed by atoms with Crippen LogP contribution in [0.3, 0.4) is 0 Å². The molecule has 0 unspecified atom stereocenters. The molecule has 1 aromatic carbocycles. The predicted octanol–water partition coefficient (Wildman–Crippen LogP) is 7.94. The van der Waals surface area contributed by atoms with Crippen molar-refractivity contribution < 1.29 is 0 Å². The lowest BCUT2D eigenvalue weighted by molar-refractivity contribution is 0.249. The van der Waals surface area contributed by atoms with E-state index >= 15 is 0 Å². The van der Waals surface area contributed by atoms with E-state index in [4.69, 9.17) is 0 Å². The summed E-state index contributed by atoms with van der Waals surface area (Å²) in [6.07, 6.45) is 15.0. The maximum atomic E-state index is 3.74. The maximum Gasteiger partial charge on any atom is 0.0207 e. The Morgan fingerprint density at radius 3 is 1.86 bits per heavy atom. The lowest BCUT2D eigenvalue weighted by atomic mass is 9.75. The highest BCUT2D eigenvalue weighted by Crippen LogP contribution is 2.36. The highest BCUT2D eigenvalue weighted by atomic mass is 79.9. The monoisotopic (exact) mass is 366 g/mol. The van der Waals surface area contributed by atoms with E-state index in [1.54, 1.807) is 0 Å². The van der Waals surface area contributed by atoms with Gasteiger partial charge in [-0.05, 0) is 36.3 Å². The normalized spacial score (nSPS) is 11.8. The summed E-state index contributed by atoms with van der Waals surface area (Å²) in [6, 6.07) is 8.77. The van der Waals surface area contributed by atoms with Crippen LogP contribution in [0.5, 0.6) is 0 Å². The van der Waals surface area contributed by atoms with Crippen LogP contribution in [0.15, 0.2) is 28.7 Å². The Labute approximate surface area is 147 Å². The van der Waals surface area contributed by atoms with Crippen LogP contribution >= 0.6 is 15.9 Å². The molecule has 0 aliphatic carbocycles. The first kappa shape index (κ1) is 19.7. The fourth-order valence-electron chi connectivity index (χ4n) is 3.36.